The van der Waals surface area contributed by atoms with Gasteiger partial charge >= 0.3 is 0 Å². The first-order valence-electron chi connectivity index (χ1n) is 10.8. The SMILES string of the molecule is Cc1ccc(Sc2cc(-c3cnn(C4CCNCC4)c3C)cn3ncc(C#N)c23)nc1C. The van der Waals surface area contributed by atoms with E-state index in [9.17, 15) is 5.26 Å². The highest BCUT2D eigenvalue weighted by molar-refractivity contribution is 7.99. The van der Waals surface area contributed by atoms with Crippen LogP contribution < -0.4 is 5.32 Å². The summed E-state index contributed by atoms with van der Waals surface area (Å²) in [5.41, 5.74) is 6.83. The minimum Gasteiger partial charge on any atom is -0.317 e. The fourth-order valence-electron chi connectivity index (χ4n) is 4.29. The zero-order chi connectivity index (χ0) is 22.2. The lowest BCUT2D eigenvalue weighted by Crippen LogP contribution is -2.30. The number of hydrogen-bond acceptors (Lipinski definition) is 6. The molecule has 7 nitrogen and oxygen atoms in total. The molecule has 4 aromatic rings. The number of pyridine rings is 2. The van der Waals surface area contributed by atoms with E-state index in [-0.39, 0.29) is 0 Å². The minimum atomic E-state index is 0.428. The average molecular weight is 444 g/mol. The van der Waals surface area contributed by atoms with E-state index >= 15 is 0 Å². The first-order chi connectivity index (χ1) is 15.5. The largest absolute Gasteiger partial charge is 0.317 e. The van der Waals surface area contributed by atoms with Gasteiger partial charge in [0.05, 0.1) is 29.5 Å². The molecule has 0 radical (unpaired) electrons. The molecule has 1 fully saturated rings. The van der Waals surface area contributed by atoms with Crippen molar-refractivity contribution < 1.29 is 0 Å². The van der Waals surface area contributed by atoms with Gasteiger partial charge in [-0.3, -0.25) is 4.68 Å². The molecule has 0 spiro atoms. The summed E-state index contributed by atoms with van der Waals surface area (Å²) in [6, 6.07) is 8.95. The second-order valence-corrected chi connectivity index (χ2v) is 9.34. The van der Waals surface area contributed by atoms with Crippen LogP contribution in [0.15, 0.2) is 46.7 Å². The molecule has 5 heterocycles. The molecule has 0 aliphatic carbocycles. The first-order valence-corrected chi connectivity index (χ1v) is 11.7. The second-order valence-electron chi connectivity index (χ2n) is 8.28. The molecule has 162 valence electrons. The quantitative estimate of drug-likeness (QED) is 0.501. The number of aromatic nitrogens is 5. The third-order valence-electron chi connectivity index (χ3n) is 6.25. The van der Waals surface area contributed by atoms with Gasteiger partial charge < -0.3 is 5.32 Å². The van der Waals surface area contributed by atoms with E-state index in [0.717, 1.165) is 69.4 Å². The van der Waals surface area contributed by atoms with E-state index in [4.69, 9.17) is 10.1 Å². The summed E-state index contributed by atoms with van der Waals surface area (Å²) >= 11 is 1.57. The van der Waals surface area contributed by atoms with Gasteiger partial charge in [-0.2, -0.15) is 15.5 Å². The predicted molar refractivity (Wildman–Crippen MR) is 125 cm³/mol. The molecule has 0 aromatic carbocycles. The van der Waals surface area contributed by atoms with Crippen LogP contribution in [0.25, 0.3) is 16.6 Å². The molecule has 1 N–H and O–H groups in total. The van der Waals surface area contributed by atoms with Crippen LogP contribution in [0.5, 0.6) is 0 Å². The van der Waals surface area contributed by atoms with Crippen LogP contribution >= 0.6 is 11.8 Å². The molecule has 32 heavy (non-hydrogen) atoms. The third-order valence-corrected chi connectivity index (χ3v) is 7.21. The number of aryl methyl sites for hydroxylation is 2. The van der Waals surface area contributed by atoms with Gasteiger partial charge in [0.15, 0.2) is 0 Å². The van der Waals surface area contributed by atoms with Crippen LogP contribution in [0.3, 0.4) is 0 Å². The van der Waals surface area contributed by atoms with Crippen molar-refractivity contribution in [3.05, 3.63) is 59.3 Å². The van der Waals surface area contributed by atoms with E-state index in [0.29, 0.717) is 11.6 Å². The minimum absolute atomic E-state index is 0.428. The lowest BCUT2D eigenvalue weighted by Gasteiger charge is -2.24. The Bertz CT molecular complexity index is 1340. The Labute approximate surface area is 191 Å². The molecule has 8 heteroatoms. The molecule has 5 rings (SSSR count). The molecule has 0 bridgehead atoms. The number of nitrogens with one attached hydrogen (secondary N) is 1. The Hall–Kier alpha value is -3.15. The van der Waals surface area contributed by atoms with Crippen LogP contribution in [0, 0.1) is 32.1 Å². The van der Waals surface area contributed by atoms with Crippen LogP contribution in [-0.2, 0) is 0 Å². The first kappa shape index (κ1) is 20.7. The summed E-state index contributed by atoms with van der Waals surface area (Å²) in [7, 11) is 0. The molecule has 0 unspecified atom stereocenters. The van der Waals surface area contributed by atoms with Crippen molar-refractivity contribution >= 4 is 17.3 Å². The van der Waals surface area contributed by atoms with Gasteiger partial charge in [0, 0.05) is 33.6 Å². The summed E-state index contributed by atoms with van der Waals surface area (Å²) in [6.45, 7) is 8.27. The van der Waals surface area contributed by atoms with Gasteiger partial charge in [-0.05, 0) is 64.4 Å². The summed E-state index contributed by atoms with van der Waals surface area (Å²) in [4.78, 5) is 5.69. The molecule has 0 saturated carbocycles. The third kappa shape index (κ3) is 3.68. The Balaban J connectivity index is 1.60. The Kier molecular flexibility index (Phi) is 5.45. The highest BCUT2D eigenvalue weighted by Gasteiger charge is 2.21. The lowest BCUT2D eigenvalue weighted by molar-refractivity contribution is 0.338. The highest BCUT2D eigenvalue weighted by atomic mass is 32.2. The standard InChI is InChI=1S/C24H25N7S/c1-15-4-5-23(29-16(15)2)32-22-10-18(14-30-24(22)19(11-25)12-27-30)21-13-28-31(17(21)3)20-6-8-26-9-7-20/h4-5,10,12-14,20,26H,6-9H2,1-3H3. The van der Waals surface area contributed by atoms with E-state index in [1.165, 1.54) is 0 Å². The van der Waals surface area contributed by atoms with E-state index < -0.39 is 0 Å². The van der Waals surface area contributed by atoms with E-state index in [2.05, 4.69) is 47.1 Å². The number of piperidine rings is 1. The van der Waals surface area contributed by atoms with E-state index in [1.807, 2.05) is 25.4 Å². The van der Waals surface area contributed by atoms with Gasteiger partial charge in [0.1, 0.15) is 11.1 Å². The number of rotatable bonds is 4. The molecular formula is C24H25N7S. The molecule has 4 aromatic heterocycles. The van der Waals surface area contributed by atoms with Crippen molar-refractivity contribution in [3.63, 3.8) is 0 Å². The van der Waals surface area contributed by atoms with E-state index in [1.54, 1.807) is 22.5 Å². The molecule has 1 saturated heterocycles. The normalized spacial score (nSPS) is 14.7. The fraction of sp³-hybridized carbons (Fsp3) is 0.333. The zero-order valence-corrected chi connectivity index (χ0v) is 19.3. The molecular weight excluding hydrogens is 418 g/mol. The maximum atomic E-state index is 9.63. The van der Waals surface area contributed by atoms with Crippen LogP contribution in [0.4, 0.5) is 0 Å². The van der Waals surface area contributed by atoms with Crippen LogP contribution in [0.1, 0.15) is 41.4 Å². The number of fused-ring (bicyclic) bond motifs is 1. The van der Waals surface area contributed by atoms with Crippen LogP contribution in [-0.4, -0.2) is 37.5 Å². The molecule has 1 aliphatic heterocycles. The van der Waals surface area contributed by atoms with Crippen molar-refractivity contribution in [1.82, 2.24) is 29.7 Å². The maximum absolute atomic E-state index is 9.63. The smallest absolute Gasteiger partial charge is 0.103 e. The van der Waals surface area contributed by atoms with Crippen molar-refractivity contribution in [3.8, 4) is 17.2 Å². The molecule has 1 aliphatic rings. The number of nitriles is 1. The zero-order valence-electron chi connectivity index (χ0n) is 18.5. The number of hydrogen-bond donors (Lipinski definition) is 1. The van der Waals surface area contributed by atoms with Crippen molar-refractivity contribution in [2.24, 2.45) is 0 Å². The fourth-order valence-corrected chi connectivity index (χ4v) is 5.32. The van der Waals surface area contributed by atoms with Gasteiger partial charge in [-0.15, -0.1) is 0 Å². The average Bonchev–Trinajstić information content (AvgIpc) is 3.40. The maximum Gasteiger partial charge on any atom is 0.103 e. The Morgan fingerprint density at radius 1 is 1.12 bits per heavy atom. The summed E-state index contributed by atoms with van der Waals surface area (Å²) in [6.07, 6.45) is 7.75. The van der Waals surface area contributed by atoms with Crippen molar-refractivity contribution in [2.75, 3.05) is 13.1 Å². The lowest BCUT2D eigenvalue weighted by atomic mass is 10.1. The summed E-state index contributed by atoms with van der Waals surface area (Å²) < 4.78 is 3.97. The summed E-state index contributed by atoms with van der Waals surface area (Å²) in [5, 5.41) is 23.2. The van der Waals surface area contributed by atoms with Gasteiger partial charge in [-0.1, -0.05) is 17.8 Å². The second kappa shape index (κ2) is 8.41. The highest BCUT2D eigenvalue weighted by Crippen LogP contribution is 2.36. The topological polar surface area (TPSA) is 83.8 Å². The Morgan fingerprint density at radius 3 is 2.69 bits per heavy atom. The number of nitrogens with zero attached hydrogens (tertiary/aromatic N) is 6. The van der Waals surface area contributed by atoms with Gasteiger partial charge in [0.25, 0.3) is 0 Å². The van der Waals surface area contributed by atoms with Crippen molar-refractivity contribution in [1.29, 1.82) is 5.26 Å². The Morgan fingerprint density at radius 2 is 1.94 bits per heavy atom. The molecule has 0 amide bonds. The predicted octanol–water partition coefficient (Wildman–Crippen LogP) is 4.47. The monoisotopic (exact) mass is 443 g/mol. The van der Waals surface area contributed by atoms with Crippen molar-refractivity contribution in [2.45, 2.75) is 49.6 Å². The van der Waals surface area contributed by atoms with Gasteiger partial charge in [0.2, 0.25) is 0 Å². The van der Waals surface area contributed by atoms with Crippen LogP contribution in [0.2, 0.25) is 0 Å². The molecule has 0 atom stereocenters. The van der Waals surface area contributed by atoms with Gasteiger partial charge in [-0.25, -0.2) is 9.50 Å². The summed E-state index contributed by atoms with van der Waals surface area (Å²) in [5.74, 6) is 0.